The normalized spacial score (nSPS) is 15.1. The fourth-order valence-electron chi connectivity index (χ4n) is 4.69. The molecule has 1 aliphatic carbocycles. The van der Waals surface area contributed by atoms with Crippen molar-refractivity contribution in [3.8, 4) is 0 Å². The highest BCUT2D eigenvalue weighted by Crippen LogP contribution is 2.27. The van der Waals surface area contributed by atoms with Gasteiger partial charge < -0.3 is 10.2 Å². The summed E-state index contributed by atoms with van der Waals surface area (Å²) < 4.78 is 27.5. The third kappa shape index (κ3) is 8.10. The van der Waals surface area contributed by atoms with Gasteiger partial charge in [0.1, 0.15) is 12.6 Å². The van der Waals surface area contributed by atoms with E-state index >= 15 is 0 Å². The summed E-state index contributed by atoms with van der Waals surface area (Å²) in [7, 11) is -3.81. The molecule has 1 aliphatic rings. The van der Waals surface area contributed by atoms with Gasteiger partial charge in [0.15, 0.2) is 0 Å². The van der Waals surface area contributed by atoms with Crippen LogP contribution in [0, 0.1) is 6.92 Å². The molecule has 0 aliphatic heterocycles. The molecule has 1 N–H and O–H groups in total. The van der Waals surface area contributed by atoms with Gasteiger partial charge in [-0.2, -0.15) is 0 Å². The number of aryl methyl sites for hydroxylation is 1. The van der Waals surface area contributed by atoms with Crippen LogP contribution in [-0.2, 0) is 26.2 Å². The molecule has 1 unspecified atom stereocenters. The molecule has 0 radical (unpaired) electrons. The number of halogens is 3. The van der Waals surface area contributed by atoms with Crippen LogP contribution >= 0.6 is 39.1 Å². The summed E-state index contributed by atoms with van der Waals surface area (Å²) in [6.07, 6.45) is 6.49. The van der Waals surface area contributed by atoms with Crippen molar-refractivity contribution in [2.75, 3.05) is 17.1 Å². The highest BCUT2D eigenvalue weighted by Gasteiger charge is 2.33. The molecule has 0 saturated heterocycles. The standard InChI is InChI=1S/C27H34BrCl2N3O4S/c1-4-25(27(35)31-21-8-6-5-7-9-21)32(16-19-10-11-20(29)15-24(19)30)26(34)17-33(38(3,36)37)22-12-13-23(28)18(2)14-22/h10-15,21,25H,4-9,16-17H2,1-3H3,(H,31,35). The number of amides is 2. The summed E-state index contributed by atoms with van der Waals surface area (Å²) in [5, 5.41) is 3.93. The molecular weight excluding hydrogens is 613 g/mol. The molecule has 1 fully saturated rings. The second-order valence-corrected chi connectivity index (χ2v) is 13.3. The minimum atomic E-state index is -3.81. The van der Waals surface area contributed by atoms with Crippen LogP contribution in [0.25, 0.3) is 0 Å². The molecule has 208 valence electrons. The zero-order valence-electron chi connectivity index (χ0n) is 21.8. The number of carbonyl (C=O) groups excluding carboxylic acids is 2. The maximum absolute atomic E-state index is 13.9. The van der Waals surface area contributed by atoms with Crippen molar-refractivity contribution in [2.24, 2.45) is 0 Å². The van der Waals surface area contributed by atoms with Gasteiger partial charge in [-0.1, -0.05) is 71.4 Å². The lowest BCUT2D eigenvalue weighted by Gasteiger charge is -2.34. The fourth-order valence-corrected chi connectivity index (χ4v) is 6.25. The maximum Gasteiger partial charge on any atom is 0.244 e. The Hall–Kier alpha value is -1.81. The number of anilines is 1. The fraction of sp³-hybridized carbons (Fsp3) is 0.481. The van der Waals surface area contributed by atoms with E-state index in [0.29, 0.717) is 27.7 Å². The van der Waals surface area contributed by atoms with Gasteiger partial charge in [0.05, 0.1) is 11.9 Å². The average molecular weight is 647 g/mol. The summed E-state index contributed by atoms with van der Waals surface area (Å²) in [6.45, 7) is 3.25. The van der Waals surface area contributed by atoms with E-state index in [1.54, 1.807) is 36.4 Å². The number of nitrogens with one attached hydrogen (secondary N) is 1. The molecular formula is C27H34BrCl2N3O4S. The van der Waals surface area contributed by atoms with E-state index in [-0.39, 0.29) is 18.5 Å². The lowest BCUT2D eigenvalue weighted by atomic mass is 9.95. The van der Waals surface area contributed by atoms with E-state index in [4.69, 9.17) is 23.2 Å². The van der Waals surface area contributed by atoms with Crippen molar-refractivity contribution in [3.05, 3.63) is 62.0 Å². The lowest BCUT2D eigenvalue weighted by molar-refractivity contribution is -0.140. The Labute approximate surface area is 244 Å². The van der Waals surface area contributed by atoms with Gasteiger partial charge in [-0.3, -0.25) is 13.9 Å². The van der Waals surface area contributed by atoms with Gasteiger partial charge in [0.25, 0.3) is 0 Å². The van der Waals surface area contributed by atoms with Crippen molar-refractivity contribution in [1.29, 1.82) is 0 Å². The van der Waals surface area contributed by atoms with Gasteiger partial charge in [-0.15, -0.1) is 0 Å². The molecule has 1 saturated carbocycles. The van der Waals surface area contributed by atoms with Crippen LogP contribution in [0.1, 0.15) is 56.6 Å². The van der Waals surface area contributed by atoms with Crippen molar-refractivity contribution in [1.82, 2.24) is 10.2 Å². The van der Waals surface area contributed by atoms with Crippen LogP contribution in [0.3, 0.4) is 0 Å². The first-order valence-electron chi connectivity index (χ1n) is 12.7. The number of rotatable bonds is 10. The van der Waals surface area contributed by atoms with Crippen LogP contribution < -0.4 is 9.62 Å². The van der Waals surface area contributed by atoms with E-state index in [1.807, 2.05) is 13.8 Å². The van der Waals surface area contributed by atoms with Crippen molar-refractivity contribution in [3.63, 3.8) is 0 Å². The molecule has 7 nitrogen and oxygen atoms in total. The first-order valence-corrected chi connectivity index (χ1v) is 16.1. The topological polar surface area (TPSA) is 86.8 Å². The van der Waals surface area contributed by atoms with E-state index in [0.717, 1.165) is 52.7 Å². The van der Waals surface area contributed by atoms with Crippen LogP contribution in [0.2, 0.25) is 10.0 Å². The quantitative estimate of drug-likeness (QED) is 0.339. The molecule has 1 atom stereocenters. The number of hydrogen-bond donors (Lipinski definition) is 1. The minimum absolute atomic E-state index is 0.0302. The highest BCUT2D eigenvalue weighted by atomic mass is 79.9. The van der Waals surface area contributed by atoms with Gasteiger partial charge in [0.2, 0.25) is 21.8 Å². The van der Waals surface area contributed by atoms with Gasteiger partial charge >= 0.3 is 0 Å². The molecule has 2 aromatic carbocycles. The van der Waals surface area contributed by atoms with Gasteiger partial charge in [-0.25, -0.2) is 8.42 Å². The average Bonchev–Trinajstić information content (AvgIpc) is 2.85. The second kappa shape index (κ2) is 13.5. The zero-order valence-corrected chi connectivity index (χ0v) is 25.8. The molecule has 0 bridgehead atoms. The summed E-state index contributed by atoms with van der Waals surface area (Å²) >= 11 is 15.9. The molecule has 0 aromatic heterocycles. The predicted molar refractivity (Wildman–Crippen MR) is 157 cm³/mol. The van der Waals surface area contributed by atoms with E-state index in [1.165, 1.54) is 4.90 Å². The Kier molecular flexibility index (Phi) is 10.9. The van der Waals surface area contributed by atoms with Crippen LogP contribution in [0.15, 0.2) is 40.9 Å². The number of sulfonamides is 1. The monoisotopic (exact) mass is 645 g/mol. The Morgan fingerprint density at radius 3 is 2.37 bits per heavy atom. The molecule has 0 spiro atoms. The van der Waals surface area contributed by atoms with Crippen molar-refractivity contribution in [2.45, 2.75) is 71.0 Å². The molecule has 2 amide bonds. The minimum Gasteiger partial charge on any atom is -0.352 e. The predicted octanol–water partition coefficient (Wildman–Crippen LogP) is 6.09. The Bertz CT molecular complexity index is 1270. The van der Waals surface area contributed by atoms with Crippen molar-refractivity contribution < 1.29 is 18.0 Å². The SMILES string of the molecule is CCC(C(=O)NC1CCCCC1)N(Cc1ccc(Cl)cc1Cl)C(=O)CN(c1ccc(Br)c(C)c1)S(C)(=O)=O. The Morgan fingerprint density at radius 1 is 1.11 bits per heavy atom. The zero-order chi connectivity index (χ0) is 28.0. The van der Waals surface area contributed by atoms with Gasteiger partial charge in [0, 0.05) is 27.1 Å². The number of carbonyl (C=O) groups is 2. The third-order valence-electron chi connectivity index (χ3n) is 6.80. The molecule has 11 heteroatoms. The van der Waals surface area contributed by atoms with E-state index in [2.05, 4.69) is 21.2 Å². The summed E-state index contributed by atoms with van der Waals surface area (Å²) in [5.74, 6) is -0.754. The molecule has 3 rings (SSSR count). The number of benzene rings is 2. The van der Waals surface area contributed by atoms with E-state index in [9.17, 15) is 18.0 Å². The first kappa shape index (κ1) is 30.7. The summed E-state index contributed by atoms with van der Waals surface area (Å²) in [6, 6.07) is 9.31. The van der Waals surface area contributed by atoms with Crippen LogP contribution in [-0.4, -0.2) is 50.0 Å². The van der Waals surface area contributed by atoms with Crippen LogP contribution in [0.5, 0.6) is 0 Å². The van der Waals surface area contributed by atoms with Crippen molar-refractivity contribution >= 4 is 66.7 Å². The van der Waals surface area contributed by atoms with Gasteiger partial charge in [-0.05, 0) is 67.6 Å². The van der Waals surface area contributed by atoms with Crippen LogP contribution in [0.4, 0.5) is 5.69 Å². The Morgan fingerprint density at radius 2 is 1.79 bits per heavy atom. The largest absolute Gasteiger partial charge is 0.352 e. The second-order valence-electron chi connectivity index (χ2n) is 9.73. The smallest absolute Gasteiger partial charge is 0.244 e. The third-order valence-corrected chi connectivity index (χ3v) is 9.42. The summed E-state index contributed by atoms with van der Waals surface area (Å²) in [4.78, 5) is 28.8. The Balaban J connectivity index is 1.95. The molecule has 38 heavy (non-hydrogen) atoms. The number of nitrogens with zero attached hydrogens (tertiary/aromatic N) is 2. The highest BCUT2D eigenvalue weighted by molar-refractivity contribution is 9.10. The molecule has 0 heterocycles. The maximum atomic E-state index is 13.9. The summed E-state index contributed by atoms with van der Waals surface area (Å²) in [5.41, 5.74) is 1.80. The van der Waals surface area contributed by atoms with E-state index < -0.39 is 28.5 Å². The lowest BCUT2D eigenvalue weighted by Crippen LogP contribution is -2.54. The molecule has 2 aromatic rings. The number of hydrogen-bond acceptors (Lipinski definition) is 4. The first-order chi connectivity index (χ1) is 17.9.